The second kappa shape index (κ2) is 6.31. The molecule has 0 aliphatic carbocycles. The van der Waals surface area contributed by atoms with Gasteiger partial charge in [-0.25, -0.2) is 8.42 Å². The third-order valence-electron chi connectivity index (χ3n) is 3.26. The van der Waals surface area contributed by atoms with Crippen LogP contribution in [0.4, 0.5) is 5.69 Å². The zero-order valence-electron chi connectivity index (χ0n) is 12.5. The molecule has 1 aromatic rings. The van der Waals surface area contributed by atoms with Crippen molar-refractivity contribution in [2.45, 2.75) is 11.8 Å². The van der Waals surface area contributed by atoms with E-state index in [2.05, 4.69) is 5.32 Å². The van der Waals surface area contributed by atoms with E-state index in [4.69, 9.17) is 16.7 Å². The van der Waals surface area contributed by atoms with Crippen LogP contribution >= 0.6 is 11.6 Å². The highest BCUT2D eigenvalue weighted by atomic mass is 35.5. The lowest BCUT2D eigenvalue weighted by molar-refractivity contribution is -0.137. The fourth-order valence-electron chi connectivity index (χ4n) is 2.10. The first-order chi connectivity index (χ1) is 10.6. The second-order valence-electron chi connectivity index (χ2n) is 5.08. The molecule has 1 heterocycles. The van der Waals surface area contributed by atoms with Gasteiger partial charge in [0.05, 0.1) is 28.8 Å². The minimum Gasteiger partial charge on any atom is -0.395 e. The summed E-state index contributed by atoms with van der Waals surface area (Å²) in [5.41, 5.74) is 0.697. The van der Waals surface area contributed by atoms with Gasteiger partial charge in [-0.1, -0.05) is 11.6 Å². The largest absolute Gasteiger partial charge is 0.395 e. The van der Waals surface area contributed by atoms with Crippen LogP contribution in [0.5, 0.6) is 0 Å². The van der Waals surface area contributed by atoms with Crippen LogP contribution in [0.3, 0.4) is 0 Å². The van der Waals surface area contributed by atoms with Gasteiger partial charge in [-0.2, -0.15) is 0 Å². The Bertz CT molecular complexity index is 817. The molecule has 0 radical (unpaired) electrons. The molecule has 0 aromatic heterocycles. The zero-order valence-corrected chi connectivity index (χ0v) is 14.0. The van der Waals surface area contributed by atoms with Crippen molar-refractivity contribution in [1.29, 1.82) is 0 Å². The summed E-state index contributed by atoms with van der Waals surface area (Å²) in [5, 5.41) is 11.8. The molecule has 9 heteroatoms. The van der Waals surface area contributed by atoms with Crippen LogP contribution in [0, 0.1) is 6.92 Å². The van der Waals surface area contributed by atoms with Crippen molar-refractivity contribution in [2.75, 3.05) is 24.7 Å². The zero-order chi connectivity index (χ0) is 17.4. The van der Waals surface area contributed by atoms with Gasteiger partial charge in [0, 0.05) is 12.3 Å². The van der Waals surface area contributed by atoms with Gasteiger partial charge in [0.15, 0.2) is 9.84 Å². The smallest absolute Gasteiger partial charge is 0.277 e. The number of amides is 2. The molecule has 0 atom stereocenters. The Morgan fingerprint density at radius 1 is 1.30 bits per heavy atom. The quantitative estimate of drug-likeness (QED) is 0.751. The van der Waals surface area contributed by atoms with Gasteiger partial charge in [0.1, 0.15) is 5.70 Å². The fourth-order valence-corrected chi connectivity index (χ4v) is 2.98. The van der Waals surface area contributed by atoms with Crippen molar-refractivity contribution in [3.63, 3.8) is 0 Å². The van der Waals surface area contributed by atoms with Crippen LogP contribution in [0.15, 0.2) is 28.8 Å². The first-order valence-corrected chi connectivity index (χ1v) is 8.87. The Kier molecular flexibility index (Phi) is 4.79. The number of aliphatic hydroxyl groups is 1. The van der Waals surface area contributed by atoms with Gasteiger partial charge in [-0.05, 0) is 24.6 Å². The maximum absolute atomic E-state index is 12.1. The molecule has 1 aliphatic rings. The highest BCUT2D eigenvalue weighted by molar-refractivity contribution is 7.90. The lowest BCUT2D eigenvalue weighted by Gasteiger charge is -2.15. The molecule has 0 fully saturated rings. The summed E-state index contributed by atoms with van der Waals surface area (Å²) in [7, 11) is -3.46. The van der Waals surface area contributed by atoms with Gasteiger partial charge < -0.3 is 10.4 Å². The average molecular weight is 359 g/mol. The minimum atomic E-state index is -3.46. The SMILES string of the molecule is Cc1cc(S(C)(=O)=O)cc(NC2=CC(=O)N(CCO)C2=O)c1Cl. The van der Waals surface area contributed by atoms with Crippen molar-refractivity contribution in [2.24, 2.45) is 0 Å². The van der Waals surface area contributed by atoms with Gasteiger partial charge in [0.2, 0.25) is 0 Å². The number of benzene rings is 1. The van der Waals surface area contributed by atoms with Crippen molar-refractivity contribution in [3.05, 3.63) is 34.5 Å². The Morgan fingerprint density at radius 2 is 1.96 bits per heavy atom. The normalized spacial score (nSPS) is 15.1. The summed E-state index contributed by atoms with van der Waals surface area (Å²) in [5.74, 6) is -1.17. The Labute approximate surface area is 138 Å². The molecule has 0 spiro atoms. The van der Waals surface area contributed by atoms with Crippen LogP contribution < -0.4 is 5.32 Å². The Morgan fingerprint density at radius 3 is 2.52 bits per heavy atom. The Hall–Kier alpha value is -1.90. The third-order valence-corrected chi connectivity index (χ3v) is 4.85. The average Bonchev–Trinajstić information content (AvgIpc) is 2.70. The number of halogens is 1. The maximum Gasteiger partial charge on any atom is 0.277 e. The molecule has 124 valence electrons. The third kappa shape index (κ3) is 3.54. The highest BCUT2D eigenvalue weighted by Gasteiger charge is 2.31. The number of sulfone groups is 1. The highest BCUT2D eigenvalue weighted by Crippen LogP contribution is 2.31. The van der Waals surface area contributed by atoms with Gasteiger partial charge >= 0.3 is 0 Å². The van der Waals surface area contributed by atoms with E-state index in [1.807, 2.05) is 0 Å². The molecular formula is C14H15ClN2O5S. The van der Waals surface area contributed by atoms with Crippen LogP contribution in [-0.4, -0.2) is 49.6 Å². The van der Waals surface area contributed by atoms with E-state index in [-0.39, 0.29) is 34.5 Å². The molecule has 7 nitrogen and oxygen atoms in total. The van der Waals surface area contributed by atoms with Gasteiger partial charge in [-0.3, -0.25) is 14.5 Å². The van der Waals surface area contributed by atoms with Crippen LogP contribution in [0.2, 0.25) is 5.02 Å². The number of anilines is 1. The number of carbonyl (C=O) groups excluding carboxylic acids is 2. The van der Waals surface area contributed by atoms with E-state index < -0.39 is 21.7 Å². The standard InChI is InChI=1S/C14H15ClN2O5S/c1-8-5-9(23(2,21)22)6-10(13(8)15)16-11-7-12(19)17(3-4-18)14(11)20/h5-7,16,18H,3-4H2,1-2H3. The predicted molar refractivity (Wildman–Crippen MR) is 84.8 cm³/mol. The van der Waals surface area contributed by atoms with Gasteiger partial charge in [-0.15, -0.1) is 0 Å². The molecule has 2 N–H and O–H groups in total. The van der Waals surface area contributed by atoms with E-state index in [1.165, 1.54) is 12.1 Å². The summed E-state index contributed by atoms with van der Waals surface area (Å²) in [4.78, 5) is 24.7. The van der Waals surface area contributed by atoms with E-state index in [0.29, 0.717) is 5.56 Å². The number of nitrogens with one attached hydrogen (secondary N) is 1. The van der Waals surface area contributed by atoms with Crippen molar-refractivity contribution >= 4 is 38.9 Å². The molecule has 0 saturated carbocycles. The first-order valence-electron chi connectivity index (χ1n) is 6.60. The lowest BCUT2D eigenvalue weighted by Crippen LogP contribution is -2.34. The van der Waals surface area contributed by atoms with Crippen molar-refractivity contribution < 1.29 is 23.1 Å². The van der Waals surface area contributed by atoms with Crippen molar-refractivity contribution in [3.8, 4) is 0 Å². The molecule has 0 saturated heterocycles. The molecule has 23 heavy (non-hydrogen) atoms. The molecule has 1 aromatic carbocycles. The fraction of sp³-hybridized carbons (Fsp3) is 0.286. The summed E-state index contributed by atoms with van der Waals surface area (Å²) in [6, 6.07) is 2.73. The first kappa shape index (κ1) is 17.5. The van der Waals surface area contributed by atoms with E-state index in [9.17, 15) is 18.0 Å². The molecular weight excluding hydrogens is 344 g/mol. The second-order valence-corrected chi connectivity index (χ2v) is 7.47. The Balaban J connectivity index is 2.38. The number of nitrogens with zero attached hydrogens (tertiary/aromatic N) is 1. The molecule has 0 unspecified atom stereocenters. The number of aliphatic hydroxyl groups excluding tert-OH is 1. The van der Waals surface area contributed by atoms with Crippen LogP contribution in [0.1, 0.15) is 5.56 Å². The summed E-state index contributed by atoms with van der Waals surface area (Å²) < 4.78 is 23.4. The number of carbonyl (C=O) groups is 2. The molecule has 0 bridgehead atoms. The number of aryl methyl sites for hydroxylation is 1. The topological polar surface area (TPSA) is 104 Å². The number of hydrogen-bond donors (Lipinski definition) is 2. The van der Waals surface area contributed by atoms with Crippen LogP contribution in [0.25, 0.3) is 0 Å². The maximum atomic E-state index is 12.1. The van der Waals surface area contributed by atoms with Crippen molar-refractivity contribution in [1.82, 2.24) is 4.90 Å². The lowest BCUT2D eigenvalue weighted by atomic mass is 10.2. The van der Waals surface area contributed by atoms with E-state index >= 15 is 0 Å². The molecule has 2 rings (SSSR count). The van der Waals surface area contributed by atoms with Crippen LogP contribution in [-0.2, 0) is 19.4 Å². The number of β-amino-alcohol motifs (C(OH)–C–C–N with tert-alkyl or cyclic N) is 1. The summed E-state index contributed by atoms with van der Waals surface area (Å²) >= 11 is 6.14. The predicted octanol–water partition coefficient (Wildman–Crippen LogP) is 0.709. The number of rotatable bonds is 5. The molecule has 1 aliphatic heterocycles. The minimum absolute atomic E-state index is 0.0320. The van der Waals surface area contributed by atoms with E-state index in [1.54, 1.807) is 6.92 Å². The number of imide groups is 1. The van der Waals surface area contributed by atoms with E-state index in [0.717, 1.165) is 17.2 Å². The summed E-state index contributed by atoms with van der Waals surface area (Å²) in [6.07, 6.45) is 2.14. The monoisotopic (exact) mass is 358 g/mol. The molecule has 2 amide bonds. The summed E-state index contributed by atoms with van der Waals surface area (Å²) in [6.45, 7) is 1.17. The van der Waals surface area contributed by atoms with Gasteiger partial charge in [0.25, 0.3) is 11.8 Å². The number of hydrogen-bond acceptors (Lipinski definition) is 6.